The molecule has 5 N–H and O–H groups in total. The molecule has 6 nitrogen and oxygen atoms in total. The fraction of sp³-hybridized carbons (Fsp3) is 0.300. The second kappa shape index (κ2) is 7.46. The molecule has 27 heavy (non-hydrogen) atoms. The number of amidine groups is 1. The monoisotopic (exact) mass is 366 g/mol. The van der Waals surface area contributed by atoms with E-state index >= 15 is 0 Å². The van der Waals surface area contributed by atoms with Crippen LogP contribution in [0.3, 0.4) is 0 Å². The molecule has 7 heteroatoms. The number of aliphatic imine (C=N–C) groups is 1. The van der Waals surface area contributed by atoms with Crippen LogP contribution in [0, 0.1) is 11.2 Å². The molecule has 0 bridgehead atoms. The Morgan fingerprint density at radius 1 is 1.19 bits per heavy atom. The van der Waals surface area contributed by atoms with Crippen molar-refractivity contribution in [2.45, 2.75) is 19.0 Å². The van der Waals surface area contributed by atoms with Crippen LogP contribution < -0.4 is 16.6 Å². The number of rotatable bonds is 5. The van der Waals surface area contributed by atoms with Gasteiger partial charge in [-0.3, -0.25) is 10.3 Å². The molecule has 1 saturated heterocycles. The minimum absolute atomic E-state index is 0.00986. The van der Waals surface area contributed by atoms with Gasteiger partial charge < -0.3 is 11.2 Å². The van der Waals surface area contributed by atoms with Crippen molar-refractivity contribution in [2.24, 2.45) is 4.99 Å². The van der Waals surface area contributed by atoms with Gasteiger partial charge in [0, 0.05) is 28.9 Å². The standard InChI is InChI=1S/C20H23FN6/c21-15-6-3-13(4-7-15)19(23)16-11-14(5-8-17(16)22)20-24-18(25-26-20)12-27-9-1-2-10-27/h3-8,11,18,23,25H,1-2,9-10,12,22H2,(H,24,26). The molecule has 1 atom stereocenters. The summed E-state index contributed by atoms with van der Waals surface area (Å²) in [5.74, 6) is 0.417. The lowest BCUT2D eigenvalue weighted by Gasteiger charge is -2.17. The lowest BCUT2D eigenvalue weighted by Crippen LogP contribution is -2.41. The molecular formula is C20H23FN6. The minimum Gasteiger partial charge on any atom is -0.398 e. The fourth-order valence-electron chi connectivity index (χ4n) is 3.51. The normalized spacial score (nSPS) is 19.7. The van der Waals surface area contributed by atoms with E-state index in [9.17, 15) is 4.39 Å². The van der Waals surface area contributed by atoms with Crippen molar-refractivity contribution in [1.29, 1.82) is 5.41 Å². The Morgan fingerprint density at radius 2 is 1.93 bits per heavy atom. The Hall–Kier alpha value is -2.77. The minimum atomic E-state index is -0.326. The summed E-state index contributed by atoms with van der Waals surface area (Å²) >= 11 is 0. The van der Waals surface area contributed by atoms with Crippen LogP contribution in [0.4, 0.5) is 10.1 Å². The zero-order valence-corrected chi connectivity index (χ0v) is 15.0. The molecule has 0 aliphatic carbocycles. The molecule has 0 saturated carbocycles. The van der Waals surface area contributed by atoms with Gasteiger partial charge >= 0.3 is 0 Å². The van der Waals surface area contributed by atoms with Gasteiger partial charge in [-0.2, -0.15) is 0 Å². The number of nitrogens with zero attached hydrogens (tertiary/aromatic N) is 2. The average molecular weight is 366 g/mol. The van der Waals surface area contributed by atoms with Gasteiger partial charge in [0.2, 0.25) is 0 Å². The van der Waals surface area contributed by atoms with E-state index < -0.39 is 0 Å². The SMILES string of the molecule is N=C(c1ccc(F)cc1)c1cc(C2=NC(CN3CCCC3)NN2)ccc1N. The first-order chi connectivity index (χ1) is 13.1. The fourth-order valence-corrected chi connectivity index (χ4v) is 3.51. The predicted octanol–water partition coefficient (Wildman–Crippen LogP) is 2.10. The van der Waals surface area contributed by atoms with Crippen LogP contribution in [0.15, 0.2) is 47.5 Å². The first kappa shape index (κ1) is 17.6. The van der Waals surface area contributed by atoms with Crippen LogP contribution in [0.5, 0.6) is 0 Å². The van der Waals surface area contributed by atoms with Crippen molar-refractivity contribution >= 4 is 17.2 Å². The van der Waals surface area contributed by atoms with Crippen molar-refractivity contribution < 1.29 is 4.39 Å². The predicted molar refractivity (Wildman–Crippen MR) is 105 cm³/mol. The summed E-state index contributed by atoms with van der Waals surface area (Å²) in [6.07, 6.45) is 2.52. The van der Waals surface area contributed by atoms with E-state index in [0.717, 1.165) is 31.0 Å². The molecule has 0 spiro atoms. The number of nitrogens with two attached hydrogens (primary N) is 1. The molecule has 2 heterocycles. The zero-order chi connectivity index (χ0) is 18.8. The van der Waals surface area contributed by atoms with Gasteiger partial charge in [-0.25, -0.2) is 14.8 Å². The maximum absolute atomic E-state index is 13.2. The van der Waals surface area contributed by atoms with E-state index in [-0.39, 0.29) is 17.7 Å². The number of hydrogen-bond donors (Lipinski definition) is 4. The van der Waals surface area contributed by atoms with Crippen LogP contribution in [0.2, 0.25) is 0 Å². The van der Waals surface area contributed by atoms with Gasteiger partial charge in [0.15, 0.2) is 0 Å². The number of hydrazine groups is 1. The highest BCUT2D eigenvalue weighted by atomic mass is 19.1. The molecular weight excluding hydrogens is 343 g/mol. The topological polar surface area (TPSA) is 89.5 Å². The molecule has 0 amide bonds. The number of anilines is 1. The Labute approximate surface area is 157 Å². The Bertz CT molecular complexity index is 871. The molecule has 2 aliphatic heterocycles. The third-order valence-electron chi connectivity index (χ3n) is 5.00. The number of nitrogens with one attached hydrogen (secondary N) is 3. The summed E-state index contributed by atoms with van der Waals surface area (Å²) < 4.78 is 13.2. The molecule has 1 unspecified atom stereocenters. The molecule has 2 aliphatic rings. The number of hydrogen-bond acceptors (Lipinski definition) is 6. The largest absolute Gasteiger partial charge is 0.398 e. The van der Waals surface area contributed by atoms with E-state index in [1.807, 2.05) is 12.1 Å². The maximum Gasteiger partial charge on any atom is 0.144 e. The maximum atomic E-state index is 13.2. The van der Waals surface area contributed by atoms with Gasteiger partial charge in [-0.05, 0) is 68.4 Å². The van der Waals surface area contributed by atoms with Crippen molar-refractivity contribution in [1.82, 2.24) is 15.8 Å². The van der Waals surface area contributed by atoms with Gasteiger partial charge in [-0.1, -0.05) is 0 Å². The van der Waals surface area contributed by atoms with E-state index in [2.05, 4.69) is 15.8 Å². The van der Waals surface area contributed by atoms with E-state index in [1.165, 1.54) is 25.0 Å². The average Bonchev–Trinajstić information content (AvgIpc) is 3.35. The van der Waals surface area contributed by atoms with Crippen LogP contribution >= 0.6 is 0 Å². The number of nitrogen functional groups attached to an aromatic ring is 1. The lowest BCUT2D eigenvalue weighted by atomic mass is 9.98. The quantitative estimate of drug-likeness (QED) is 0.482. The van der Waals surface area contributed by atoms with Crippen LogP contribution in [0.1, 0.15) is 29.5 Å². The van der Waals surface area contributed by atoms with Crippen LogP contribution in [-0.4, -0.2) is 42.2 Å². The molecule has 2 aromatic rings. The summed E-state index contributed by atoms with van der Waals surface area (Å²) in [7, 11) is 0. The summed E-state index contributed by atoms with van der Waals surface area (Å²) in [6.45, 7) is 3.14. The van der Waals surface area contributed by atoms with Crippen molar-refractivity contribution in [3.05, 3.63) is 65.0 Å². The molecule has 0 radical (unpaired) electrons. The van der Waals surface area contributed by atoms with E-state index in [1.54, 1.807) is 18.2 Å². The summed E-state index contributed by atoms with van der Waals surface area (Å²) in [5.41, 5.74) is 15.3. The first-order valence-corrected chi connectivity index (χ1v) is 9.16. The molecule has 1 fully saturated rings. The second-order valence-corrected chi connectivity index (χ2v) is 6.95. The van der Waals surface area contributed by atoms with Gasteiger partial charge in [0.05, 0.1) is 5.71 Å². The molecule has 2 aromatic carbocycles. The Morgan fingerprint density at radius 3 is 2.67 bits per heavy atom. The van der Waals surface area contributed by atoms with Crippen molar-refractivity contribution in [2.75, 3.05) is 25.4 Å². The van der Waals surface area contributed by atoms with Crippen molar-refractivity contribution in [3.63, 3.8) is 0 Å². The lowest BCUT2D eigenvalue weighted by molar-refractivity contribution is 0.297. The highest BCUT2D eigenvalue weighted by Crippen LogP contribution is 2.20. The van der Waals surface area contributed by atoms with Crippen LogP contribution in [-0.2, 0) is 0 Å². The van der Waals surface area contributed by atoms with Crippen LogP contribution in [0.25, 0.3) is 0 Å². The number of halogens is 1. The van der Waals surface area contributed by atoms with E-state index in [4.69, 9.17) is 16.1 Å². The van der Waals surface area contributed by atoms with Crippen molar-refractivity contribution in [3.8, 4) is 0 Å². The number of likely N-dealkylation sites (tertiary alicyclic amines) is 1. The van der Waals surface area contributed by atoms with E-state index in [0.29, 0.717) is 16.8 Å². The Kier molecular flexibility index (Phi) is 4.87. The summed E-state index contributed by atoms with van der Waals surface area (Å²) in [5, 5.41) is 8.45. The van der Waals surface area contributed by atoms with Gasteiger partial charge in [0.1, 0.15) is 17.8 Å². The third kappa shape index (κ3) is 3.84. The van der Waals surface area contributed by atoms with Gasteiger partial charge in [0.25, 0.3) is 0 Å². The molecule has 0 aromatic heterocycles. The number of benzene rings is 2. The molecule has 4 rings (SSSR count). The summed E-state index contributed by atoms with van der Waals surface area (Å²) in [4.78, 5) is 7.14. The highest BCUT2D eigenvalue weighted by Gasteiger charge is 2.22. The summed E-state index contributed by atoms with van der Waals surface area (Å²) in [6, 6.07) is 11.4. The first-order valence-electron chi connectivity index (χ1n) is 9.16. The second-order valence-electron chi connectivity index (χ2n) is 6.95. The Balaban J connectivity index is 1.55. The third-order valence-corrected chi connectivity index (χ3v) is 5.00. The zero-order valence-electron chi connectivity index (χ0n) is 15.0. The highest BCUT2D eigenvalue weighted by molar-refractivity contribution is 6.15. The van der Waals surface area contributed by atoms with Gasteiger partial charge in [-0.15, -0.1) is 0 Å². The molecule has 140 valence electrons. The smallest absolute Gasteiger partial charge is 0.144 e.